The highest BCUT2D eigenvalue weighted by molar-refractivity contribution is 6.74. The average Bonchev–Trinajstić information content (AvgIpc) is 2.77. The minimum absolute atomic E-state index is 0.0231. The fourth-order valence-electron chi connectivity index (χ4n) is 6.51. The van der Waals surface area contributed by atoms with Gasteiger partial charge in [0.2, 0.25) is 0 Å². The number of rotatable bonds is 11. The zero-order chi connectivity index (χ0) is 31.9. The molecule has 5 nitrogen and oxygen atoms in total. The standard InChI is InChI=1S/C34H66O5Si2/c1-25-18-17-19-33(11,28(25)23-38-40(13,14)30(3,4)5)22-29(37-24-36-12)34(35)26(2)20-27(21-32(34,9)10)39-41(15,16)31(6,7)8/h20,27-29,35H,1,17-19,21-24H2,2-16H3/t27-,28+,29-,33+,34+/m1/s1. The van der Waals surface area contributed by atoms with Gasteiger partial charge in [0, 0.05) is 25.0 Å². The molecule has 41 heavy (non-hydrogen) atoms. The Morgan fingerprint density at radius 3 is 2.07 bits per heavy atom. The monoisotopic (exact) mass is 610 g/mol. The molecular weight excluding hydrogens is 545 g/mol. The number of aliphatic hydroxyl groups is 1. The molecule has 1 fully saturated rings. The number of hydrogen-bond acceptors (Lipinski definition) is 5. The summed E-state index contributed by atoms with van der Waals surface area (Å²) in [5, 5.41) is 13.0. The van der Waals surface area contributed by atoms with Crippen LogP contribution in [0.3, 0.4) is 0 Å². The van der Waals surface area contributed by atoms with E-state index in [1.54, 1.807) is 7.11 Å². The quantitative estimate of drug-likeness (QED) is 0.144. The van der Waals surface area contributed by atoms with Gasteiger partial charge in [0.05, 0.1) is 12.2 Å². The largest absolute Gasteiger partial charge is 0.416 e. The molecule has 0 radical (unpaired) electrons. The van der Waals surface area contributed by atoms with E-state index in [2.05, 4.69) is 108 Å². The second kappa shape index (κ2) is 12.6. The Morgan fingerprint density at radius 2 is 1.59 bits per heavy atom. The Kier molecular flexibility index (Phi) is 11.3. The van der Waals surface area contributed by atoms with Crippen LogP contribution >= 0.6 is 0 Å². The topological polar surface area (TPSA) is 57.2 Å². The van der Waals surface area contributed by atoms with E-state index in [-0.39, 0.29) is 34.3 Å². The molecule has 2 aliphatic carbocycles. The molecular formula is C34H66O5Si2. The van der Waals surface area contributed by atoms with Crippen molar-refractivity contribution in [1.82, 2.24) is 0 Å². The van der Waals surface area contributed by atoms with E-state index in [4.69, 9.17) is 18.3 Å². The van der Waals surface area contributed by atoms with Gasteiger partial charge in [-0.15, -0.1) is 0 Å². The van der Waals surface area contributed by atoms with Crippen molar-refractivity contribution in [1.29, 1.82) is 0 Å². The molecule has 0 aromatic heterocycles. The van der Waals surface area contributed by atoms with Crippen LogP contribution in [0.2, 0.25) is 36.3 Å². The zero-order valence-electron chi connectivity index (χ0n) is 29.5. The van der Waals surface area contributed by atoms with E-state index in [1.807, 2.05) is 0 Å². The minimum atomic E-state index is -1.98. The third-order valence-electron chi connectivity index (χ3n) is 11.5. The maximum Gasteiger partial charge on any atom is 0.192 e. The van der Waals surface area contributed by atoms with Crippen LogP contribution in [-0.2, 0) is 18.3 Å². The summed E-state index contributed by atoms with van der Waals surface area (Å²) in [6.45, 7) is 37.1. The first kappa shape index (κ1) is 36.9. The Morgan fingerprint density at radius 1 is 1.02 bits per heavy atom. The Balaban J connectivity index is 2.46. The van der Waals surface area contributed by atoms with Crippen molar-refractivity contribution in [3.8, 4) is 0 Å². The average molecular weight is 611 g/mol. The lowest BCUT2D eigenvalue weighted by Crippen LogP contribution is -2.61. The van der Waals surface area contributed by atoms with Crippen molar-refractivity contribution in [3.63, 3.8) is 0 Å². The molecule has 0 unspecified atom stereocenters. The molecule has 1 saturated carbocycles. The van der Waals surface area contributed by atoms with Crippen LogP contribution in [0, 0.1) is 16.7 Å². The Labute approximate surface area is 256 Å². The molecule has 240 valence electrons. The zero-order valence-corrected chi connectivity index (χ0v) is 31.5. The summed E-state index contributed by atoms with van der Waals surface area (Å²) in [5.74, 6) is 0.216. The molecule has 0 saturated heterocycles. The molecule has 7 heteroatoms. The summed E-state index contributed by atoms with van der Waals surface area (Å²) < 4.78 is 25.6. The second-order valence-corrected chi connectivity index (χ2v) is 26.7. The smallest absolute Gasteiger partial charge is 0.192 e. The molecule has 2 rings (SSSR count). The Bertz CT molecular complexity index is 942. The highest BCUT2D eigenvalue weighted by Gasteiger charge is 2.57. The fourth-order valence-corrected chi connectivity index (χ4v) is 8.79. The minimum Gasteiger partial charge on any atom is -0.416 e. The van der Waals surface area contributed by atoms with Crippen LogP contribution in [0.1, 0.15) is 101 Å². The molecule has 2 aliphatic rings. The number of hydrogen-bond donors (Lipinski definition) is 1. The van der Waals surface area contributed by atoms with Gasteiger partial charge in [-0.1, -0.05) is 80.5 Å². The van der Waals surface area contributed by atoms with Gasteiger partial charge in [-0.3, -0.25) is 0 Å². The third kappa shape index (κ3) is 7.87. The lowest BCUT2D eigenvalue weighted by molar-refractivity contribution is -0.200. The van der Waals surface area contributed by atoms with Gasteiger partial charge in [0.1, 0.15) is 12.4 Å². The van der Waals surface area contributed by atoms with Crippen LogP contribution in [-0.4, -0.2) is 60.1 Å². The van der Waals surface area contributed by atoms with Crippen molar-refractivity contribution in [3.05, 3.63) is 23.8 Å². The summed E-state index contributed by atoms with van der Waals surface area (Å²) in [4.78, 5) is 0. The molecule has 0 aromatic rings. The van der Waals surface area contributed by atoms with Gasteiger partial charge in [0.25, 0.3) is 0 Å². The van der Waals surface area contributed by atoms with E-state index in [9.17, 15) is 5.11 Å². The first-order valence-corrected chi connectivity index (χ1v) is 21.7. The fraction of sp³-hybridized carbons (Fsp3) is 0.882. The highest BCUT2D eigenvalue weighted by Crippen LogP contribution is 2.54. The summed E-state index contributed by atoms with van der Waals surface area (Å²) in [6.07, 6.45) is 6.35. The third-order valence-corrected chi connectivity index (χ3v) is 20.5. The van der Waals surface area contributed by atoms with Gasteiger partial charge >= 0.3 is 0 Å². The van der Waals surface area contributed by atoms with Crippen molar-refractivity contribution < 1.29 is 23.4 Å². The molecule has 0 bridgehead atoms. The lowest BCUT2D eigenvalue weighted by atomic mass is 9.57. The van der Waals surface area contributed by atoms with E-state index in [0.717, 1.165) is 31.3 Å². The van der Waals surface area contributed by atoms with Crippen molar-refractivity contribution in [2.75, 3.05) is 20.5 Å². The lowest BCUT2D eigenvalue weighted by Gasteiger charge is -2.55. The molecule has 0 aromatic carbocycles. The van der Waals surface area contributed by atoms with E-state index < -0.39 is 33.8 Å². The normalized spacial score (nSPS) is 30.7. The van der Waals surface area contributed by atoms with Gasteiger partial charge in [-0.25, -0.2) is 0 Å². The second-order valence-electron chi connectivity index (χ2n) is 17.2. The van der Waals surface area contributed by atoms with E-state index in [0.29, 0.717) is 13.0 Å². The van der Waals surface area contributed by atoms with Gasteiger partial charge in [-0.05, 0) is 86.3 Å². The highest BCUT2D eigenvalue weighted by atomic mass is 28.4. The van der Waals surface area contributed by atoms with Crippen LogP contribution in [0.4, 0.5) is 0 Å². The van der Waals surface area contributed by atoms with Crippen LogP contribution in [0.25, 0.3) is 0 Å². The van der Waals surface area contributed by atoms with Gasteiger partial charge in [0.15, 0.2) is 16.6 Å². The Hall–Kier alpha value is -0.286. The summed E-state index contributed by atoms with van der Waals surface area (Å²) in [7, 11) is -2.25. The SMILES string of the molecule is C=C1CCC[C@@](C)(C[C@@H](OCOC)[C@@]2(O)C(C)=C[C@@H](O[Si](C)(C)C(C)(C)C)CC2(C)C)[C@H]1CO[Si](C)(C)C(C)(C)C. The van der Waals surface area contributed by atoms with E-state index in [1.165, 1.54) is 5.57 Å². The summed E-state index contributed by atoms with van der Waals surface area (Å²) in [5.41, 5.74) is 0.466. The molecule has 0 aliphatic heterocycles. The predicted octanol–water partition coefficient (Wildman–Crippen LogP) is 9.25. The summed E-state index contributed by atoms with van der Waals surface area (Å²) >= 11 is 0. The number of methoxy groups -OCH3 is 1. The first-order chi connectivity index (χ1) is 18.3. The maximum absolute atomic E-state index is 12.8. The van der Waals surface area contributed by atoms with Crippen LogP contribution in [0.5, 0.6) is 0 Å². The van der Waals surface area contributed by atoms with Gasteiger partial charge < -0.3 is 23.4 Å². The maximum atomic E-state index is 12.8. The van der Waals surface area contributed by atoms with Crippen LogP contribution < -0.4 is 0 Å². The van der Waals surface area contributed by atoms with Crippen molar-refractivity contribution in [2.24, 2.45) is 16.7 Å². The molecule has 0 spiro atoms. The summed E-state index contributed by atoms with van der Waals surface area (Å²) in [6, 6.07) is 0. The van der Waals surface area contributed by atoms with E-state index >= 15 is 0 Å². The van der Waals surface area contributed by atoms with Gasteiger partial charge in [-0.2, -0.15) is 0 Å². The molecule has 0 amide bonds. The first-order valence-electron chi connectivity index (χ1n) is 15.9. The molecule has 5 atom stereocenters. The predicted molar refractivity (Wildman–Crippen MR) is 178 cm³/mol. The molecule has 0 heterocycles. The van der Waals surface area contributed by atoms with Crippen molar-refractivity contribution >= 4 is 16.6 Å². The molecule has 1 N–H and O–H groups in total. The van der Waals surface area contributed by atoms with Crippen molar-refractivity contribution in [2.45, 2.75) is 155 Å². The number of ether oxygens (including phenoxy) is 2. The van der Waals surface area contributed by atoms with Crippen LogP contribution in [0.15, 0.2) is 23.8 Å².